The number of nitro groups is 1. The van der Waals surface area contributed by atoms with Crippen molar-refractivity contribution in [2.45, 2.75) is 38.6 Å². The number of halogens is 1. The maximum absolute atomic E-state index is 13.8. The zero-order valence-corrected chi connectivity index (χ0v) is 11.8. The Morgan fingerprint density at radius 1 is 1.57 bits per heavy atom. The predicted octanol–water partition coefficient (Wildman–Crippen LogP) is 2.62. The van der Waals surface area contributed by atoms with Crippen molar-refractivity contribution in [3.05, 3.63) is 33.6 Å². The van der Waals surface area contributed by atoms with Crippen molar-refractivity contribution in [1.82, 2.24) is 5.32 Å². The molecule has 1 atom stereocenters. The molecule has 0 bridgehead atoms. The first-order valence-corrected chi connectivity index (χ1v) is 6.97. The third-order valence-electron chi connectivity index (χ3n) is 3.74. The number of nitrogens with one attached hydrogen (secondary N) is 1. The van der Waals surface area contributed by atoms with E-state index >= 15 is 0 Å². The van der Waals surface area contributed by atoms with Gasteiger partial charge in [0, 0.05) is 12.1 Å². The molecule has 114 valence electrons. The van der Waals surface area contributed by atoms with Crippen molar-refractivity contribution in [3.8, 4) is 0 Å². The highest BCUT2D eigenvalue weighted by Crippen LogP contribution is 2.34. The molecule has 2 rings (SSSR count). The van der Waals surface area contributed by atoms with E-state index < -0.39 is 33.6 Å². The zero-order valence-electron chi connectivity index (χ0n) is 11.8. The van der Waals surface area contributed by atoms with Crippen LogP contribution in [0.1, 0.15) is 43.0 Å². The minimum absolute atomic E-state index is 0.0666. The van der Waals surface area contributed by atoms with E-state index in [4.69, 9.17) is 5.73 Å². The molecular weight excluding hydrogens is 277 g/mol. The summed E-state index contributed by atoms with van der Waals surface area (Å²) in [5.41, 5.74) is 4.24. The summed E-state index contributed by atoms with van der Waals surface area (Å²) in [5, 5.41) is 13.5. The standard InChI is InChI=1S/C14H18FN3O3/c1-2-9(7-8-3-4-8)17-14(19)12-10(15)5-6-11(13(12)16)18(20)21/h5-6,8-9H,2-4,7,16H2,1H3,(H,17,19). The lowest BCUT2D eigenvalue weighted by atomic mass is 10.1. The SMILES string of the molecule is CCC(CC1CC1)NC(=O)c1c(F)ccc([N+](=O)[O-])c1N. The molecule has 1 unspecified atom stereocenters. The normalized spacial score (nSPS) is 15.5. The molecule has 1 aliphatic carbocycles. The molecule has 1 aromatic rings. The van der Waals surface area contributed by atoms with Gasteiger partial charge in [0.2, 0.25) is 0 Å². The first-order valence-electron chi connectivity index (χ1n) is 6.97. The summed E-state index contributed by atoms with van der Waals surface area (Å²) in [6.07, 6.45) is 3.87. The number of carbonyl (C=O) groups is 1. The summed E-state index contributed by atoms with van der Waals surface area (Å²) in [7, 11) is 0. The largest absolute Gasteiger partial charge is 0.392 e. The Bertz CT molecular complexity index is 573. The molecule has 7 heteroatoms. The Morgan fingerprint density at radius 2 is 2.24 bits per heavy atom. The van der Waals surface area contributed by atoms with Crippen LogP contribution in [0.5, 0.6) is 0 Å². The van der Waals surface area contributed by atoms with Crippen LogP contribution < -0.4 is 11.1 Å². The van der Waals surface area contributed by atoms with Gasteiger partial charge in [-0.3, -0.25) is 14.9 Å². The second kappa shape index (κ2) is 6.07. The minimum Gasteiger partial charge on any atom is -0.392 e. The fraction of sp³-hybridized carbons (Fsp3) is 0.500. The number of nitrogen functional groups attached to an aromatic ring is 1. The first-order chi connectivity index (χ1) is 9.93. The maximum Gasteiger partial charge on any atom is 0.293 e. The minimum atomic E-state index is -0.850. The van der Waals surface area contributed by atoms with Crippen molar-refractivity contribution in [2.24, 2.45) is 5.92 Å². The lowest BCUT2D eigenvalue weighted by molar-refractivity contribution is -0.384. The Kier molecular flexibility index (Phi) is 4.40. The highest BCUT2D eigenvalue weighted by Gasteiger charge is 2.28. The van der Waals surface area contributed by atoms with Crippen LogP contribution in [0.25, 0.3) is 0 Å². The number of nitrogens with zero attached hydrogens (tertiary/aromatic N) is 1. The zero-order chi connectivity index (χ0) is 15.6. The van der Waals surface area contributed by atoms with E-state index in [9.17, 15) is 19.3 Å². The molecule has 0 radical (unpaired) electrons. The van der Waals surface area contributed by atoms with E-state index in [-0.39, 0.29) is 6.04 Å². The van der Waals surface area contributed by atoms with Crippen molar-refractivity contribution in [2.75, 3.05) is 5.73 Å². The Morgan fingerprint density at radius 3 is 2.76 bits per heavy atom. The van der Waals surface area contributed by atoms with E-state index in [1.54, 1.807) is 0 Å². The fourth-order valence-corrected chi connectivity index (χ4v) is 2.31. The van der Waals surface area contributed by atoms with Crippen LogP contribution in [-0.2, 0) is 0 Å². The third kappa shape index (κ3) is 3.48. The molecule has 1 fully saturated rings. The van der Waals surface area contributed by atoms with Gasteiger partial charge in [-0.05, 0) is 24.8 Å². The van der Waals surface area contributed by atoms with Crippen molar-refractivity contribution in [1.29, 1.82) is 0 Å². The molecule has 3 N–H and O–H groups in total. The maximum atomic E-state index is 13.8. The highest BCUT2D eigenvalue weighted by molar-refractivity contribution is 6.01. The van der Waals surface area contributed by atoms with Gasteiger partial charge in [0.15, 0.2) is 0 Å². The van der Waals surface area contributed by atoms with Gasteiger partial charge in [0.1, 0.15) is 17.1 Å². The summed E-state index contributed by atoms with van der Waals surface area (Å²) in [6.45, 7) is 1.93. The van der Waals surface area contributed by atoms with Crippen LogP contribution in [0, 0.1) is 21.8 Å². The monoisotopic (exact) mass is 295 g/mol. The number of rotatable bonds is 6. The number of benzene rings is 1. The van der Waals surface area contributed by atoms with Crippen LogP contribution in [0.2, 0.25) is 0 Å². The van der Waals surface area contributed by atoms with Crippen LogP contribution in [-0.4, -0.2) is 16.9 Å². The predicted molar refractivity (Wildman–Crippen MR) is 76.4 cm³/mol. The van der Waals surface area contributed by atoms with Gasteiger partial charge in [0.05, 0.1) is 4.92 Å². The van der Waals surface area contributed by atoms with Crippen molar-refractivity contribution < 1.29 is 14.1 Å². The van der Waals surface area contributed by atoms with Gasteiger partial charge in [0.25, 0.3) is 11.6 Å². The highest BCUT2D eigenvalue weighted by atomic mass is 19.1. The van der Waals surface area contributed by atoms with Gasteiger partial charge >= 0.3 is 0 Å². The lowest BCUT2D eigenvalue weighted by Gasteiger charge is -2.17. The number of nitro benzene ring substituents is 1. The van der Waals surface area contributed by atoms with E-state index in [0.29, 0.717) is 5.92 Å². The molecule has 6 nitrogen and oxygen atoms in total. The summed E-state index contributed by atoms with van der Waals surface area (Å²) < 4.78 is 13.8. The quantitative estimate of drug-likeness (QED) is 0.479. The number of hydrogen-bond donors (Lipinski definition) is 2. The number of amides is 1. The lowest BCUT2D eigenvalue weighted by Crippen LogP contribution is -2.35. The molecule has 1 aromatic carbocycles. The summed E-state index contributed by atoms with van der Waals surface area (Å²) in [4.78, 5) is 22.3. The van der Waals surface area contributed by atoms with Crippen LogP contribution in [0.15, 0.2) is 12.1 Å². The van der Waals surface area contributed by atoms with Crippen LogP contribution >= 0.6 is 0 Å². The molecular formula is C14H18FN3O3. The molecule has 1 saturated carbocycles. The third-order valence-corrected chi connectivity index (χ3v) is 3.74. The molecule has 0 saturated heterocycles. The number of nitrogens with two attached hydrogens (primary N) is 1. The van der Waals surface area contributed by atoms with Crippen LogP contribution in [0.3, 0.4) is 0 Å². The van der Waals surface area contributed by atoms with Gasteiger partial charge in [-0.1, -0.05) is 19.8 Å². The summed E-state index contributed by atoms with van der Waals surface area (Å²) in [6, 6.07) is 1.79. The first kappa shape index (κ1) is 15.2. The van der Waals surface area contributed by atoms with Gasteiger partial charge < -0.3 is 11.1 Å². The molecule has 1 amide bonds. The Balaban J connectivity index is 2.21. The average molecular weight is 295 g/mol. The van der Waals surface area contributed by atoms with Crippen molar-refractivity contribution in [3.63, 3.8) is 0 Å². The number of carbonyl (C=O) groups excluding carboxylic acids is 1. The number of hydrogen-bond acceptors (Lipinski definition) is 4. The van der Waals surface area contributed by atoms with Crippen LogP contribution in [0.4, 0.5) is 15.8 Å². The van der Waals surface area contributed by atoms with E-state index in [2.05, 4.69) is 5.32 Å². The second-order valence-electron chi connectivity index (χ2n) is 5.37. The summed E-state index contributed by atoms with van der Waals surface area (Å²) >= 11 is 0. The van der Waals surface area contributed by atoms with Gasteiger partial charge in [-0.25, -0.2) is 4.39 Å². The van der Waals surface area contributed by atoms with Gasteiger partial charge in [-0.2, -0.15) is 0 Å². The average Bonchev–Trinajstić information content (AvgIpc) is 3.21. The van der Waals surface area contributed by atoms with Crippen molar-refractivity contribution >= 4 is 17.3 Å². The van der Waals surface area contributed by atoms with E-state index in [1.807, 2.05) is 6.92 Å². The Labute approximate surface area is 121 Å². The second-order valence-corrected chi connectivity index (χ2v) is 5.37. The molecule has 1 aliphatic rings. The van der Waals surface area contributed by atoms with Gasteiger partial charge in [-0.15, -0.1) is 0 Å². The molecule has 0 heterocycles. The molecule has 0 spiro atoms. The van der Waals surface area contributed by atoms with E-state index in [0.717, 1.165) is 37.8 Å². The smallest absolute Gasteiger partial charge is 0.293 e. The summed E-state index contributed by atoms with van der Waals surface area (Å²) in [5.74, 6) is -0.930. The molecule has 0 aliphatic heterocycles. The molecule has 21 heavy (non-hydrogen) atoms. The Hall–Kier alpha value is -2.18. The van der Waals surface area contributed by atoms with E-state index in [1.165, 1.54) is 0 Å². The topological polar surface area (TPSA) is 98.3 Å². The fourth-order valence-electron chi connectivity index (χ4n) is 2.31. The number of anilines is 1. The molecule has 0 aromatic heterocycles.